The maximum Gasteiger partial charge on any atom is 0.420 e. The molecule has 0 unspecified atom stereocenters. The number of allylic oxidation sites excluding steroid dienone is 2. The van der Waals surface area contributed by atoms with Gasteiger partial charge >= 0.3 is 18.5 Å². The van der Waals surface area contributed by atoms with Gasteiger partial charge in [0.1, 0.15) is 0 Å². The molecule has 0 nitrogen and oxygen atoms in total. The molecule has 0 saturated heterocycles. The van der Waals surface area contributed by atoms with Crippen molar-refractivity contribution in [3.63, 3.8) is 0 Å². The van der Waals surface area contributed by atoms with Crippen LogP contribution in [0, 0.1) is 0 Å². The third kappa shape index (κ3) is 3.46. The van der Waals surface area contributed by atoms with E-state index < -0.39 is 35.6 Å². The van der Waals surface area contributed by atoms with Gasteiger partial charge in [-0.15, -0.1) is 0 Å². The molecule has 0 aliphatic carbocycles. The van der Waals surface area contributed by atoms with E-state index in [1.165, 1.54) is 0 Å². The number of hydrogen-bond donors (Lipinski definition) is 0. The molecule has 0 aromatic rings. The van der Waals surface area contributed by atoms with Gasteiger partial charge in [0.15, 0.2) is 0 Å². The average molecular weight is 281 g/mol. The van der Waals surface area contributed by atoms with E-state index in [-0.39, 0.29) is 0 Å². The Balaban J connectivity index is 5.39. The van der Waals surface area contributed by atoms with Crippen molar-refractivity contribution in [2.45, 2.75) is 23.4 Å². The molecular formula is C6H2ClF9. The Morgan fingerprint density at radius 2 is 0.938 bits per heavy atom. The van der Waals surface area contributed by atoms with Crippen LogP contribution in [0.25, 0.3) is 0 Å². The summed E-state index contributed by atoms with van der Waals surface area (Å²) >= 11 is 4.16. The summed E-state index contributed by atoms with van der Waals surface area (Å²) < 4.78 is 106. The maximum absolute atomic E-state index is 11.9. The van der Waals surface area contributed by atoms with Gasteiger partial charge in [0.05, 0.1) is 0 Å². The fourth-order valence-corrected chi connectivity index (χ4v) is 0.622. The summed E-state index contributed by atoms with van der Waals surface area (Å²) in [6.45, 7) is 0. The molecule has 0 fully saturated rings. The second kappa shape index (κ2) is 4.01. The summed E-state index contributed by atoms with van der Waals surface area (Å²) in [4.78, 5) is -5.05. The van der Waals surface area contributed by atoms with E-state index in [9.17, 15) is 39.5 Å². The van der Waals surface area contributed by atoms with Crippen molar-refractivity contribution in [3.8, 4) is 0 Å². The minimum atomic E-state index is -6.09. The van der Waals surface area contributed by atoms with Gasteiger partial charge in [-0.05, 0) is 6.08 Å². The van der Waals surface area contributed by atoms with Crippen molar-refractivity contribution in [1.82, 2.24) is 0 Å². The first-order valence-electron chi connectivity index (χ1n) is 3.30. The molecule has 16 heavy (non-hydrogen) atoms. The fourth-order valence-electron chi connectivity index (χ4n) is 0.559. The van der Waals surface area contributed by atoms with E-state index in [1.54, 1.807) is 0 Å². The highest BCUT2D eigenvalue weighted by Crippen LogP contribution is 2.49. The molecule has 0 rings (SSSR count). The molecule has 0 heterocycles. The predicted molar refractivity (Wildman–Crippen MR) is 35.9 cm³/mol. The van der Waals surface area contributed by atoms with Gasteiger partial charge in [0.2, 0.25) is 0 Å². The number of hydrogen-bond acceptors (Lipinski definition) is 0. The predicted octanol–water partition coefficient (Wildman–Crippen LogP) is 4.21. The Kier molecular flexibility index (Phi) is 3.86. The zero-order chi connectivity index (χ0) is 13.4. The SMILES string of the molecule is FC(F)(F)C=CC(Cl)(C(F)(F)F)C(F)(F)F. The Bertz CT molecular complexity index is 253. The highest BCUT2D eigenvalue weighted by molar-refractivity contribution is 6.26. The van der Waals surface area contributed by atoms with Gasteiger partial charge in [-0.1, -0.05) is 11.6 Å². The van der Waals surface area contributed by atoms with Crippen molar-refractivity contribution >= 4 is 11.6 Å². The molecule has 0 bridgehead atoms. The van der Waals surface area contributed by atoms with Gasteiger partial charge in [-0.3, -0.25) is 0 Å². The molecular weight excluding hydrogens is 279 g/mol. The number of rotatable bonds is 1. The standard InChI is InChI=1S/C6H2ClF9/c7-3(5(11,12)13,6(14,15)16)1-2-4(8,9)10/h1-2H. The summed E-state index contributed by atoms with van der Waals surface area (Å²) in [6, 6.07) is 0. The van der Waals surface area contributed by atoms with Gasteiger partial charge in [0.25, 0.3) is 4.87 Å². The highest BCUT2D eigenvalue weighted by atomic mass is 35.5. The minimum Gasteiger partial charge on any atom is -0.168 e. The molecule has 0 amide bonds. The van der Waals surface area contributed by atoms with Crippen LogP contribution in [-0.4, -0.2) is 23.4 Å². The monoisotopic (exact) mass is 280 g/mol. The topological polar surface area (TPSA) is 0 Å². The van der Waals surface area contributed by atoms with E-state index in [0.29, 0.717) is 0 Å². The summed E-state index contributed by atoms with van der Waals surface area (Å²) in [5.41, 5.74) is 0. The van der Waals surface area contributed by atoms with E-state index in [1.807, 2.05) is 0 Å². The fraction of sp³-hybridized carbons (Fsp3) is 0.667. The van der Waals surface area contributed by atoms with E-state index in [4.69, 9.17) is 0 Å². The summed E-state index contributed by atoms with van der Waals surface area (Å²) in [6.07, 6.45) is -19.9. The van der Waals surface area contributed by atoms with Crippen molar-refractivity contribution < 1.29 is 39.5 Å². The molecule has 0 atom stereocenters. The molecule has 0 aromatic heterocycles. The van der Waals surface area contributed by atoms with Crippen LogP contribution in [0.4, 0.5) is 39.5 Å². The van der Waals surface area contributed by atoms with Crippen molar-refractivity contribution in [1.29, 1.82) is 0 Å². The van der Waals surface area contributed by atoms with Crippen molar-refractivity contribution in [2.75, 3.05) is 0 Å². The van der Waals surface area contributed by atoms with Crippen LogP contribution in [0.2, 0.25) is 0 Å². The van der Waals surface area contributed by atoms with Gasteiger partial charge in [-0.25, -0.2) is 0 Å². The van der Waals surface area contributed by atoms with E-state index >= 15 is 0 Å². The van der Waals surface area contributed by atoms with E-state index in [2.05, 4.69) is 11.6 Å². The molecule has 0 aliphatic heterocycles. The zero-order valence-electron chi connectivity index (χ0n) is 6.93. The average Bonchev–Trinajstić information content (AvgIpc) is 1.93. The van der Waals surface area contributed by atoms with Crippen LogP contribution in [0.5, 0.6) is 0 Å². The third-order valence-electron chi connectivity index (χ3n) is 1.33. The molecule has 0 radical (unpaired) electrons. The van der Waals surface area contributed by atoms with Crippen molar-refractivity contribution in [3.05, 3.63) is 12.2 Å². The smallest absolute Gasteiger partial charge is 0.168 e. The Hall–Kier alpha value is -0.600. The van der Waals surface area contributed by atoms with Gasteiger partial charge in [0, 0.05) is 6.08 Å². The number of halogens is 10. The Morgan fingerprint density at radius 3 is 1.12 bits per heavy atom. The summed E-state index contributed by atoms with van der Waals surface area (Å²) in [5.74, 6) is 0. The normalized spacial score (nSPS) is 15.9. The lowest BCUT2D eigenvalue weighted by Crippen LogP contribution is -2.50. The summed E-state index contributed by atoms with van der Waals surface area (Å²) in [7, 11) is 0. The zero-order valence-corrected chi connectivity index (χ0v) is 7.69. The van der Waals surface area contributed by atoms with Crippen LogP contribution in [-0.2, 0) is 0 Å². The van der Waals surface area contributed by atoms with Crippen LogP contribution >= 0.6 is 11.6 Å². The molecule has 0 saturated carbocycles. The quantitative estimate of drug-likeness (QED) is 0.383. The van der Waals surface area contributed by atoms with Crippen LogP contribution in [0.15, 0.2) is 12.2 Å². The summed E-state index contributed by atoms with van der Waals surface area (Å²) in [5, 5.41) is 0. The van der Waals surface area contributed by atoms with Crippen LogP contribution in [0.3, 0.4) is 0 Å². The molecule has 0 N–H and O–H groups in total. The van der Waals surface area contributed by atoms with E-state index in [0.717, 1.165) is 0 Å². The molecule has 10 heteroatoms. The van der Waals surface area contributed by atoms with Crippen molar-refractivity contribution in [2.24, 2.45) is 0 Å². The lowest BCUT2D eigenvalue weighted by molar-refractivity contribution is -0.253. The maximum atomic E-state index is 11.9. The first-order chi connectivity index (χ1) is 6.71. The Morgan fingerprint density at radius 1 is 0.625 bits per heavy atom. The largest absolute Gasteiger partial charge is 0.420 e. The minimum absolute atomic E-state index is 1.17. The van der Waals surface area contributed by atoms with Crippen LogP contribution in [0.1, 0.15) is 0 Å². The van der Waals surface area contributed by atoms with Gasteiger partial charge < -0.3 is 0 Å². The second-order valence-electron chi connectivity index (χ2n) is 2.58. The highest BCUT2D eigenvalue weighted by Gasteiger charge is 2.69. The number of alkyl halides is 10. The van der Waals surface area contributed by atoms with Crippen LogP contribution < -0.4 is 0 Å². The first kappa shape index (κ1) is 15.4. The first-order valence-corrected chi connectivity index (χ1v) is 3.68. The molecule has 0 aliphatic rings. The lowest BCUT2D eigenvalue weighted by atomic mass is 10.1. The van der Waals surface area contributed by atoms with Gasteiger partial charge in [-0.2, -0.15) is 39.5 Å². The lowest BCUT2D eigenvalue weighted by Gasteiger charge is -2.28. The Labute approximate surface area is 87.7 Å². The molecule has 0 spiro atoms. The molecule has 0 aromatic carbocycles. The second-order valence-corrected chi connectivity index (χ2v) is 3.18. The molecule has 96 valence electrons. The third-order valence-corrected chi connectivity index (χ3v) is 1.88.